The molecule has 5 heteroatoms. The highest BCUT2D eigenvalue weighted by molar-refractivity contribution is 5.76. The number of benzene rings is 1. The lowest BCUT2D eigenvalue weighted by Crippen LogP contribution is -2.62. The average molecular weight is 610 g/mol. The number of aliphatic hydroxyl groups excluding tert-OH is 3. The molecule has 248 valence electrons. The van der Waals surface area contributed by atoms with E-state index in [4.69, 9.17) is 0 Å². The fraction of sp³-hybridized carbons (Fsp3) is 0.821. The van der Waals surface area contributed by atoms with E-state index >= 15 is 0 Å². The van der Waals surface area contributed by atoms with Gasteiger partial charge in [-0.05, 0) is 110 Å². The van der Waals surface area contributed by atoms with E-state index in [0.717, 1.165) is 64.3 Å². The molecule has 0 bridgehead atoms. The molecule has 3 N–H and O–H groups in total. The van der Waals surface area contributed by atoms with Gasteiger partial charge in [0, 0.05) is 19.5 Å². The smallest absolute Gasteiger partial charge is 0.222 e. The third-order valence-corrected chi connectivity index (χ3v) is 13.7. The van der Waals surface area contributed by atoms with Crippen LogP contribution < -0.4 is 0 Å². The van der Waals surface area contributed by atoms with Gasteiger partial charge < -0.3 is 20.2 Å². The highest BCUT2D eigenvalue weighted by Gasteiger charge is 2.65. The van der Waals surface area contributed by atoms with Crippen LogP contribution in [-0.4, -0.2) is 51.0 Å². The maximum absolute atomic E-state index is 13.7. The van der Waals surface area contributed by atoms with Crippen molar-refractivity contribution < 1.29 is 20.1 Å². The van der Waals surface area contributed by atoms with Crippen molar-refractivity contribution in [3.8, 4) is 0 Å². The Hall–Kier alpha value is -1.43. The van der Waals surface area contributed by atoms with Crippen molar-refractivity contribution in [3.05, 3.63) is 35.9 Å². The Bertz CT molecular complexity index is 1060. The van der Waals surface area contributed by atoms with Crippen LogP contribution in [0.5, 0.6) is 0 Å². The molecule has 0 aliphatic heterocycles. The molecule has 11 atom stereocenters. The van der Waals surface area contributed by atoms with Crippen LogP contribution in [0, 0.1) is 46.3 Å². The molecule has 0 radical (unpaired) electrons. The van der Waals surface area contributed by atoms with Crippen LogP contribution in [0.2, 0.25) is 0 Å². The van der Waals surface area contributed by atoms with Gasteiger partial charge in [0.05, 0.1) is 18.3 Å². The normalized spacial score (nSPS) is 38.8. The van der Waals surface area contributed by atoms with Gasteiger partial charge in [0.25, 0.3) is 0 Å². The molecule has 4 aliphatic carbocycles. The molecule has 4 fully saturated rings. The second-order valence-corrected chi connectivity index (χ2v) is 16.1. The molecule has 4 saturated carbocycles. The van der Waals surface area contributed by atoms with Crippen molar-refractivity contribution >= 4 is 5.91 Å². The van der Waals surface area contributed by atoms with E-state index < -0.39 is 0 Å². The van der Waals surface area contributed by atoms with E-state index in [1.807, 2.05) is 6.07 Å². The molecule has 1 amide bonds. The first-order valence-corrected chi connectivity index (χ1v) is 18.4. The number of rotatable bonds is 13. The highest BCUT2D eigenvalue weighted by Crippen LogP contribution is 2.68. The van der Waals surface area contributed by atoms with E-state index in [-0.39, 0.29) is 41.0 Å². The number of unbranched alkanes of at least 4 members (excludes halogenated alkanes) is 5. The summed E-state index contributed by atoms with van der Waals surface area (Å²) in [5.74, 6) is 2.19. The number of aliphatic hydroxyl groups is 3. The number of nitrogens with zero attached hydrogens (tertiary/aromatic N) is 1. The molecule has 44 heavy (non-hydrogen) atoms. The van der Waals surface area contributed by atoms with Gasteiger partial charge in [-0.1, -0.05) is 90.1 Å². The third kappa shape index (κ3) is 6.81. The second-order valence-electron chi connectivity index (χ2n) is 16.1. The minimum Gasteiger partial charge on any atom is -0.393 e. The van der Waals surface area contributed by atoms with Gasteiger partial charge in [-0.3, -0.25) is 4.79 Å². The number of hydrogen-bond acceptors (Lipinski definition) is 4. The first kappa shape index (κ1) is 33.9. The number of carbonyl (C=O) groups is 1. The van der Waals surface area contributed by atoms with Crippen LogP contribution in [0.3, 0.4) is 0 Å². The Morgan fingerprint density at radius 1 is 0.932 bits per heavy atom. The molecule has 0 aromatic heterocycles. The van der Waals surface area contributed by atoms with E-state index in [1.165, 1.54) is 37.7 Å². The first-order chi connectivity index (χ1) is 21.1. The summed E-state index contributed by atoms with van der Waals surface area (Å²) < 4.78 is 0. The summed E-state index contributed by atoms with van der Waals surface area (Å²) >= 11 is 0. The highest BCUT2D eigenvalue weighted by atomic mass is 16.3. The molecular formula is C39H63NO4. The van der Waals surface area contributed by atoms with Gasteiger partial charge in [-0.2, -0.15) is 0 Å². The van der Waals surface area contributed by atoms with Crippen molar-refractivity contribution in [1.29, 1.82) is 0 Å². The summed E-state index contributed by atoms with van der Waals surface area (Å²) in [7, 11) is 0. The quantitative estimate of drug-likeness (QED) is 0.200. The lowest BCUT2D eigenvalue weighted by molar-refractivity contribution is -0.207. The van der Waals surface area contributed by atoms with Gasteiger partial charge in [0.1, 0.15) is 0 Å². The fourth-order valence-corrected chi connectivity index (χ4v) is 11.0. The summed E-state index contributed by atoms with van der Waals surface area (Å²) in [5.41, 5.74) is 1.07. The van der Waals surface area contributed by atoms with E-state index in [2.05, 4.69) is 56.9 Å². The number of carbonyl (C=O) groups excluding carboxylic acids is 1. The predicted octanol–water partition coefficient (Wildman–Crippen LogP) is 7.75. The average Bonchev–Trinajstić information content (AvgIpc) is 3.37. The predicted molar refractivity (Wildman–Crippen MR) is 178 cm³/mol. The van der Waals surface area contributed by atoms with Gasteiger partial charge in [0.15, 0.2) is 0 Å². The molecule has 0 saturated heterocycles. The van der Waals surface area contributed by atoms with Crippen molar-refractivity contribution in [2.24, 2.45) is 46.3 Å². The molecule has 1 aromatic carbocycles. The third-order valence-electron chi connectivity index (χ3n) is 13.7. The minimum absolute atomic E-state index is 0.0970. The van der Waals surface area contributed by atoms with Crippen LogP contribution in [0.15, 0.2) is 30.3 Å². The van der Waals surface area contributed by atoms with Crippen molar-refractivity contribution in [2.45, 2.75) is 149 Å². The van der Waals surface area contributed by atoms with E-state index in [1.54, 1.807) is 0 Å². The Morgan fingerprint density at radius 3 is 2.41 bits per heavy atom. The van der Waals surface area contributed by atoms with Gasteiger partial charge >= 0.3 is 0 Å². The molecule has 0 heterocycles. The van der Waals surface area contributed by atoms with Crippen LogP contribution in [-0.2, 0) is 11.3 Å². The Kier molecular flexibility index (Phi) is 11.2. The Labute approximate surface area is 268 Å². The molecular weight excluding hydrogens is 546 g/mol. The number of fused-ring (bicyclic) bond motifs is 5. The Balaban J connectivity index is 1.22. The minimum atomic E-state index is -0.378. The Morgan fingerprint density at radius 2 is 1.66 bits per heavy atom. The second kappa shape index (κ2) is 14.6. The summed E-state index contributed by atoms with van der Waals surface area (Å²) in [4.78, 5) is 15.8. The zero-order valence-electron chi connectivity index (χ0n) is 28.3. The zero-order chi connectivity index (χ0) is 31.5. The molecule has 5 rings (SSSR count). The standard InChI is InChI=1S/C39H63NO4/c1-5-6-7-8-9-13-22-40(26-28-14-11-10-12-15-28)36(44)19-16-27(2)31-17-18-32-37-33(25-35(43)39(31,32)4)38(3)21-20-30(41)23-29(38)24-34(37)42/h10-12,14-15,27,29-35,37,41-43H,5-9,13,16-26H2,1-4H3/t27?,29?,30-,31-,32+,33+,34-,35+,37?,38+,39-/m1/s1. The monoisotopic (exact) mass is 609 g/mol. The van der Waals surface area contributed by atoms with Crippen LogP contribution >= 0.6 is 0 Å². The van der Waals surface area contributed by atoms with Crippen molar-refractivity contribution in [1.82, 2.24) is 4.90 Å². The molecule has 4 aliphatic rings. The summed E-state index contributed by atoms with van der Waals surface area (Å²) in [6.45, 7) is 10.8. The SMILES string of the molecule is CCCCCCCCN(Cc1ccccc1)C(=O)CCC(C)[C@H]1CC[C@H]2C3[C@H](O)CC4C[C@H](O)CC[C@]4(C)[C@H]3C[C@H](O)[C@]12C. The van der Waals surface area contributed by atoms with E-state index in [9.17, 15) is 20.1 Å². The maximum Gasteiger partial charge on any atom is 0.222 e. The van der Waals surface area contributed by atoms with E-state index in [0.29, 0.717) is 42.6 Å². The lowest BCUT2D eigenvalue weighted by atomic mass is 9.43. The summed E-state index contributed by atoms with van der Waals surface area (Å²) in [6.07, 6.45) is 14.1. The zero-order valence-corrected chi connectivity index (χ0v) is 28.3. The van der Waals surface area contributed by atoms with Gasteiger partial charge in [-0.15, -0.1) is 0 Å². The van der Waals surface area contributed by atoms with Crippen LogP contribution in [0.4, 0.5) is 0 Å². The topological polar surface area (TPSA) is 81.0 Å². The number of amides is 1. The van der Waals surface area contributed by atoms with Crippen LogP contribution in [0.25, 0.3) is 0 Å². The molecule has 1 aromatic rings. The van der Waals surface area contributed by atoms with Crippen molar-refractivity contribution in [3.63, 3.8) is 0 Å². The largest absolute Gasteiger partial charge is 0.393 e. The molecule has 0 spiro atoms. The van der Waals surface area contributed by atoms with Crippen molar-refractivity contribution in [2.75, 3.05) is 6.54 Å². The van der Waals surface area contributed by atoms with Gasteiger partial charge in [0.2, 0.25) is 5.91 Å². The lowest BCUT2D eigenvalue weighted by Gasteiger charge is -2.63. The van der Waals surface area contributed by atoms with Crippen LogP contribution in [0.1, 0.15) is 130 Å². The summed E-state index contributed by atoms with van der Waals surface area (Å²) in [6, 6.07) is 10.4. The van der Waals surface area contributed by atoms with Gasteiger partial charge in [-0.25, -0.2) is 0 Å². The first-order valence-electron chi connectivity index (χ1n) is 18.4. The molecule has 5 nitrogen and oxygen atoms in total. The maximum atomic E-state index is 13.7. The fourth-order valence-electron chi connectivity index (χ4n) is 11.0. The molecule has 3 unspecified atom stereocenters. The summed E-state index contributed by atoms with van der Waals surface area (Å²) in [5, 5.41) is 33.9. The number of hydrogen-bond donors (Lipinski definition) is 3.